The molecule has 0 aromatic heterocycles. The summed E-state index contributed by atoms with van der Waals surface area (Å²) in [6.07, 6.45) is 0.673. The number of nitrogens with two attached hydrogens (primary N) is 1. The van der Waals surface area contributed by atoms with Crippen molar-refractivity contribution in [2.45, 2.75) is 11.3 Å². The van der Waals surface area contributed by atoms with Crippen molar-refractivity contribution in [2.75, 3.05) is 44.2 Å². The summed E-state index contributed by atoms with van der Waals surface area (Å²) < 4.78 is 24.2. The lowest BCUT2D eigenvalue weighted by molar-refractivity contribution is 0.242. The Kier molecular flexibility index (Phi) is 4.79. The number of nitrogen functional groups attached to an aromatic ring is 1. The van der Waals surface area contributed by atoms with Crippen molar-refractivity contribution in [1.29, 1.82) is 0 Å². The van der Waals surface area contributed by atoms with Crippen LogP contribution in [0.2, 0.25) is 0 Å². The molecule has 1 heterocycles. The second kappa shape index (κ2) is 6.36. The number of rotatable bonds is 5. The van der Waals surface area contributed by atoms with Crippen LogP contribution in [0.25, 0.3) is 0 Å². The minimum absolute atomic E-state index is 0.195. The maximum Gasteiger partial charge on any atom is 0.178 e. The van der Waals surface area contributed by atoms with E-state index in [-0.39, 0.29) is 5.75 Å². The molecule has 0 unspecified atom stereocenters. The summed E-state index contributed by atoms with van der Waals surface area (Å²) in [4.78, 5) is 2.66. The fourth-order valence-corrected chi connectivity index (χ4v) is 3.50. The van der Waals surface area contributed by atoms with E-state index in [1.165, 1.54) is 0 Å². The summed E-state index contributed by atoms with van der Waals surface area (Å²) >= 11 is 0. The van der Waals surface area contributed by atoms with Gasteiger partial charge in [0.2, 0.25) is 0 Å². The Hall–Kier alpha value is -1.11. The van der Waals surface area contributed by atoms with E-state index in [1.807, 2.05) is 0 Å². The lowest BCUT2D eigenvalue weighted by atomic mass is 10.3. The summed E-state index contributed by atoms with van der Waals surface area (Å²) in [5, 5.41) is 3.28. The number of anilines is 1. The molecule has 0 saturated carbocycles. The third-order valence-corrected chi connectivity index (χ3v) is 5.15. The summed E-state index contributed by atoms with van der Waals surface area (Å²) in [6.45, 7) is 4.83. The molecule has 3 N–H and O–H groups in total. The van der Waals surface area contributed by atoms with Crippen molar-refractivity contribution in [1.82, 2.24) is 10.2 Å². The van der Waals surface area contributed by atoms with Crippen LogP contribution in [0.15, 0.2) is 29.2 Å². The zero-order valence-corrected chi connectivity index (χ0v) is 11.8. The van der Waals surface area contributed by atoms with E-state index in [4.69, 9.17) is 5.73 Å². The van der Waals surface area contributed by atoms with Crippen molar-refractivity contribution >= 4 is 15.5 Å². The molecule has 1 fully saturated rings. The molecule has 1 saturated heterocycles. The molecule has 1 aromatic rings. The summed E-state index contributed by atoms with van der Waals surface area (Å²) in [5.74, 6) is 0.195. The molecule has 1 aliphatic heterocycles. The van der Waals surface area contributed by atoms with Gasteiger partial charge in [-0.15, -0.1) is 0 Å². The Bertz CT molecular complexity index is 493. The molecule has 1 aliphatic rings. The van der Waals surface area contributed by atoms with Gasteiger partial charge < -0.3 is 16.0 Å². The number of hydrogen-bond donors (Lipinski definition) is 2. The fraction of sp³-hybridized carbons (Fsp3) is 0.538. The van der Waals surface area contributed by atoms with Gasteiger partial charge in [0, 0.05) is 31.9 Å². The number of piperazine rings is 1. The van der Waals surface area contributed by atoms with Gasteiger partial charge in [0.05, 0.1) is 10.6 Å². The molecule has 0 spiro atoms. The highest BCUT2D eigenvalue weighted by molar-refractivity contribution is 7.91. The highest BCUT2D eigenvalue weighted by Crippen LogP contribution is 2.14. The van der Waals surface area contributed by atoms with Crippen molar-refractivity contribution in [2.24, 2.45) is 0 Å². The van der Waals surface area contributed by atoms with Crippen LogP contribution in [0, 0.1) is 0 Å². The van der Waals surface area contributed by atoms with Crippen molar-refractivity contribution < 1.29 is 8.42 Å². The summed E-state index contributed by atoms with van der Waals surface area (Å²) in [7, 11) is -3.18. The van der Waals surface area contributed by atoms with E-state index >= 15 is 0 Å². The zero-order chi connectivity index (χ0) is 13.7. The lowest BCUT2D eigenvalue weighted by Gasteiger charge is -2.26. The van der Waals surface area contributed by atoms with Crippen LogP contribution in [0.4, 0.5) is 5.69 Å². The molecular weight excluding hydrogens is 262 g/mol. The topological polar surface area (TPSA) is 75.4 Å². The van der Waals surface area contributed by atoms with Gasteiger partial charge in [-0.3, -0.25) is 0 Å². The van der Waals surface area contributed by atoms with Gasteiger partial charge in [0.1, 0.15) is 0 Å². The molecule has 0 bridgehead atoms. The van der Waals surface area contributed by atoms with E-state index in [0.717, 1.165) is 32.7 Å². The van der Waals surface area contributed by atoms with Crippen LogP contribution in [-0.2, 0) is 9.84 Å². The number of benzene rings is 1. The van der Waals surface area contributed by atoms with Crippen LogP contribution in [-0.4, -0.2) is 51.8 Å². The lowest BCUT2D eigenvalue weighted by Crippen LogP contribution is -2.44. The molecular formula is C13H21N3O2S. The molecule has 1 aromatic carbocycles. The largest absolute Gasteiger partial charge is 0.399 e. The number of sulfone groups is 1. The Morgan fingerprint density at radius 2 is 1.79 bits per heavy atom. The van der Waals surface area contributed by atoms with E-state index < -0.39 is 9.84 Å². The van der Waals surface area contributed by atoms with Crippen LogP contribution in [0.5, 0.6) is 0 Å². The highest BCUT2D eigenvalue weighted by Gasteiger charge is 2.15. The second-order valence-electron chi connectivity index (χ2n) is 4.83. The Morgan fingerprint density at radius 1 is 1.16 bits per heavy atom. The van der Waals surface area contributed by atoms with E-state index in [2.05, 4.69) is 10.2 Å². The molecule has 0 radical (unpaired) electrons. The molecule has 19 heavy (non-hydrogen) atoms. The maximum atomic E-state index is 12.1. The third kappa shape index (κ3) is 4.19. The van der Waals surface area contributed by atoms with E-state index in [9.17, 15) is 8.42 Å². The van der Waals surface area contributed by atoms with Crippen molar-refractivity contribution in [3.8, 4) is 0 Å². The first kappa shape index (κ1) is 14.3. The smallest absolute Gasteiger partial charge is 0.178 e. The maximum absolute atomic E-state index is 12.1. The summed E-state index contributed by atoms with van der Waals surface area (Å²) in [6, 6.07) is 6.41. The first-order valence-corrected chi connectivity index (χ1v) is 8.24. The number of hydrogen-bond acceptors (Lipinski definition) is 5. The van der Waals surface area contributed by atoms with Crippen LogP contribution >= 0.6 is 0 Å². The first-order valence-electron chi connectivity index (χ1n) is 6.59. The van der Waals surface area contributed by atoms with Gasteiger partial charge in [0.15, 0.2) is 9.84 Å². The van der Waals surface area contributed by atoms with Gasteiger partial charge in [-0.25, -0.2) is 8.42 Å². The third-order valence-electron chi connectivity index (χ3n) is 3.34. The number of nitrogens with one attached hydrogen (secondary N) is 1. The number of nitrogens with zero attached hydrogens (tertiary/aromatic N) is 1. The normalized spacial score (nSPS) is 17.5. The van der Waals surface area contributed by atoms with Crippen LogP contribution in [0.1, 0.15) is 6.42 Å². The second-order valence-corrected chi connectivity index (χ2v) is 6.94. The molecule has 0 amide bonds. The van der Waals surface area contributed by atoms with Crippen LogP contribution < -0.4 is 11.1 Å². The monoisotopic (exact) mass is 283 g/mol. The average molecular weight is 283 g/mol. The molecule has 6 heteroatoms. The Morgan fingerprint density at radius 3 is 2.42 bits per heavy atom. The van der Waals surface area contributed by atoms with Gasteiger partial charge in [-0.1, -0.05) is 0 Å². The van der Waals surface area contributed by atoms with Gasteiger partial charge in [-0.05, 0) is 37.2 Å². The molecule has 106 valence electrons. The minimum atomic E-state index is -3.18. The van der Waals surface area contributed by atoms with E-state index in [1.54, 1.807) is 24.3 Å². The van der Waals surface area contributed by atoms with E-state index in [0.29, 0.717) is 17.0 Å². The SMILES string of the molecule is Nc1ccc(S(=O)(=O)CCCN2CCNCC2)cc1. The fourth-order valence-electron chi connectivity index (χ4n) is 2.21. The van der Waals surface area contributed by atoms with Gasteiger partial charge >= 0.3 is 0 Å². The predicted octanol–water partition coefficient (Wildman–Crippen LogP) is 0.338. The molecule has 0 aliphatic carbocycles. The first-order chi connectivity index (χ1) is 9.08. The van der Waals surface area contributed by atoms with Crippen molar-refractivity contribution in [3.05, 3.63) is 24.3 Å². The average Bonchev–Trinajstić information content (AvgIpc) is 2.40. The Labute approximate surface area is 114 Å². The predicted molar refractivity (Wildman–Crippen MR) is 76.8 cm³/mol. The highest BCUT2D eigenvalue weighted by atomic mass is 32.2. The molecule has 0 atom stereocenters. The van der Waals surface area contributed by atoms with Gasteiger partial charge in [-0.2, -0.15) is 0 Å². The summed E-state index contributed by atoms with van der Waals surface area (Å²) in [5.41, 5.74) is 6.14. The van der Waals surface area contributed by atoms with Crippen LogP contribution in [0.3, 0.4) is 0 Å². The quantitative estimate of drug-likeness (QED) is 0.762. The molecule has 5 nitrogen and oxygen atoms in total. The van der Waals surface area contributed by atoms with Gasteiger partial charge in [0.25, 0.3) is 0 Å². The standard InChI is InChI=1S/C13H21N3O2S/c14-12-2-4-13(5-3-12)19(17,18)11-1-8-16-9-6-15-7-10-16/h2-5,15H,1,6-11,14H2. The minimum Gasteiger partial charge on any atom is -0.399 e. The van der Waals surface area contributed by atoms with Crippen molar-refractivity contribution in [3.63, 3.8) is 0 Å². The Balaban J connectivity index is 1.85. The zero-order valence-electron chi connectivity index (χ0n) is 11.0. The molecule has 2 rings (SSSR count).